The Hall–Kier alpha value is -3.52. The molecule has 1 fully saturated rings. The Labute approximate surface area is 193 Å². The number of Topliss-reactive ketones (excluding diaryl/α,β-unsaturated/α-hetero) is 1. The van der Waals surface area contributed by atoms with Crippen LogP contribution >= 0.6 is 0 Å². The average molecular weight is 456 g/mol. The van der Waals surface area contributed by atoms with Crippen LogP contribution in [-0.2, 0) is 14.3 Å². The number of phenolic OH excluding ortho intramolecular Hbond substituents is 1. The van der Waals surface area contributed by atoms with E-state index in [4.69, 9.17) is 14.2 Å². The van der Waals surface area contributed by atoms with Crippen molar-refractivity contribution >= 4 is 17.4 Å². The molecule has 0 spiro atoms. The molecule has 1 saturated heterocycles. The van der Waals surface area contributed by atoms with Crippen LogP contribution in [0.2, 0.25) is 0 Å². The van der Waals surface area contributed by atoms with Crippen molar-refractivity contribution in [3.63, 3.8) is 0 Å². The van der Waals surface area contributed by atoms with Gasteiger partial charge in [-0.2, -0.15) is 0 Å². The molecule has 0 aromatic heterocycles. The number of rotatable bonds is 10. The molecule has 1 amide bonds. The van der Waals surface area contributed by atoms with Crippen LogP contribution in [-0.4, -0.2) is 60.3 Å². The zero-order valence-corrected chi connectivity index (χ0v) is 19.0. The van der Waals surface area contributed by atoms with Gasteiger partial charge in [-0.05, 0) is 50.1 Å². The predicted molar refractivity (Wildman–Crippen MR) is 122 cm³/mol. The fourth-order valence-corrected chi connectivity index (χ4v) is 3.86. The fraction of sp³-hybridized carbons (Fsp3) is 0.360. The normalized spacial score (nSPS) is 17.4. The number of ketones is 1. The highest BCUT2D eigenvalue weighted by atomic mass is 16.5. The lowest BCUT2D eigenvalue weighted by Crippen LogP contribution is -2.31. The van der Waals surface area contributed by atoms with Gasteiger partial charge in [0.05, 0.1) is 24.8 Å². The van der Waals surface area contributed by atoms with E-state index in [2.05, 4.69) is 0 Å². The van der Waals surface area contributed by atoms with Gasteiger partial charge in [-0.15, -0.1) is 0 Å². The third kappa shape index (κ3) is 5.12. The molecule has 8 nitrogen and oxygen atoms in total. The summed E-state index contributed by atoms with van der Waals surface area (Å²) >= 11 is 0. The highest BCUT2D eigenvalue weighted by Crippen LogP contribution is 2.42. The van der Waals surface area contributed by atoms with Crippen LogP contribution < -0.4 is 9.47 Å². The number of carbonyl (C=O) groups is 2. The number of amides is 1. The number of aliphatic hydroxyl groups is 1. The molecule has 0 aliphatic carbocycles. The lowest BCUT2D eigenvalue weighted by Gasteiger charge is -2.25. The van der Waals surface area contributed by atoms with Crippen LogP contribution in [0.1, 0.15) is 37.4 Å². The molecule has 1 aliphatic heterocycles. The van der Waals surface area contributed by atoms with E-state index >= 15 is 0 Å². The zero-order chi connectivity index (χ0) is 24.0. The topological polar surface area (TPSA) is 106 Å². The number of methoxy groups -OCH3 is 1. The van der Waals surface area contributed by atoms with Gasteiger partial charge in [0, 0.05) is 25.8 Å². The van der Waals surface area contributed by atoms with Crippen molar-refractivity contribution in [3.8, 4) is 17.2 Å². The van der Waals surface area contributed by atoms with Gasteiger partial charge in [0.25, 0.3) is 11.7 Å². The Balaban J connectivity index is 2.14. The summed E-state index contributed by atoms with van der Waals surface area (Å²) < 4.78 is 16.1. The van der Waals surface area contributed by atoms with E-state index in [1.54, 1.807) is 50.4 Å². The number of benzene rings is 2. The number of aliphatic hydroxyl groups excluding tert-OH is 1. The first kappa shape index (κ1) is 24.1. The average Bonchev–Trinajstić information content (AvgIpc) is 3.06. The van der Waals surface area contributed by atoms with Gasteiger partial charge in [0.1, 0.15) is 11.5 Å². The number of aromatic hydroxyl groups is 1. The van der Waals surface area contributed by atoms with Gasteiger partial charge in [0.2, 0.25) is 0 Å². The molecule has 0 bridgehead atoms. The Bertz CT molecular complexity index is 1050. The molecule has 0 saturated carbocycles. The summed E-state index contributed by atoms with van der Waals surface area (Å²) in [6.45, 7) is 5.07. The van der Waals surface area contributed by atoms with Crippen molar-refractivity contribution < 1.29 is 34.0 Å². The maximum absolute atomic E-state index is 13.1. The highest BCUT2D eigenvalue weighted by molar-refractivity contribution is 6.46. The largest absolute Gasteiger partial charge is 0.507 e. The third-order valence-electron chi connectivity index (χ3n) is 5.31. The number of hydrogen-bond donors (Lipinski definition) is 2. The third-order valence-corrected chi connectivity index (χ3v) is 5.31. The van der Waals surface area contributed by atoms with E-state index in [1.807, 2.05) is 6.92 Å². The second-order valence-electron chi connectivity index (χ2n) is 7.46. The van der Waals surface area contributed by atoms with E-state index in [9.17, 15) is 19.8 Å². The van der Waals surface area contributed by atoms with Gasteiger partial charge in [-0.1, -0.05) is 18.2 Å². The summed E-state index contributed by atoms with van der Waals surface area (Å²) in [6, 6.07) is 10.5. The minimum Gasteiger partial charge on any atom is -0.507 e. The first-order chi connectivity index (χ1) is 15.9. The first-order valence-corrected chi connectivity index (χ1v) is 10.9. The maximum Gasteiger partial charge on any atom is 0.295 e. The van der Waals surface area contributed by atoms with E-state index < -0.39 is 17.7 Å². The summed E-state index contributed by atoms with van der Waals surface area (Å²) in [6.07, 6.45) is 0.510. The van der Waals surface area contributed by atoms with E-state index in [-0.39, 0.29) is 29.4 Å². The molecule has 2 aromatic rings. The summed E-state index contributed by atoms with van der Waals surface area (Å²) in [5.41, 5.74) is 0.874. The van der Waals surface area contributed by atoms with Crippen molar-refractivity contribution in [2.24, 2.45) is 0 Å². The molecule has 2 N–H and O–H groups in total. The van der Waals surface area contributed by atoms with Gasteiger partial charge in [-0.3, -0.25) is 9.59 Å². The van der Waals surface area contributed by atoms with Crippen molar-refractivity contribution in [1.29, 1.82) is 0 Å². The molecule has 176 valence electrons. The van der Waals surface area contributed by atoms with Crippen molar-refractivity contribution in [3.05, 3.63) is 59.2 Å². The molecule has 2 aromatic carbocycles. The lowest BCUT2D eigenvalue weighted by molar-refractivity contribution is -0.140. The van der Waals surface area contributed by atoms with Gasteiger partial charge in [-0.25, -0.2) is 0 Å². The monoisotopic (exact) mass is 455 g/mol. The second kappa shape index (κ2) is 10.9. The first-order valence-electron chi connectivity index (χ1n) is 10.9. The maximum atomic E-state index is 13.1. The van der Waals surface area contributed by atoms with E-state index in [1.165, 1.54) is 11.0 Å². The predicted octanol–water partition coefficient (Wildman–Crippen LogP) is 3.65. The Morgan fingerprint density at radius 2 is 1.82 bits per heavy atom. The van der Waals surface area contributed by atoms with Crippen LogP contribution in [0, 0.1) is 0 Å². The van der Waals surface area contributed by atoms with Crippen LogP contribution in [0.4, 0.5) is 0 Å². The standard InChI is InChI=1S/C25H29NO7/c1-4-32-18-9-6-8-17(14-18)23(28)21-22(16-10-11-19(27)20(15-16)33-5-2)26(12-7-13-31-3)25(30)24(21)29/h6,8-11,14-15,22,27-28H,4-5,7,12-13H2,1-3H3/b23-21+. The van der Waals surface area contributed by atoms with Crippen molar-refractivity contribution in [2.75, 3.05) is 33.5 Å². The Morgan fingerprint density at radius 3 is 2.52 bits per heavy atom. The van der Waals surface area contributed by atoms with Gasteiger partial charge < -0.3 is 29.3 Å². The summed E-state index contributed by atoms with van der Waals surface area (Å²) in [7, 11) is 1.56. The molecule has 33 heavy (non-hydrogen) atoms. The Kier molecular flexibility index (Phi) is 7.95. The van der Waals surface area contributed by atoms with Crippen LogP contribution in [0.5, 0.6) is 17.2 Å². The van der Waals surface area contributed by atoms with Crippen LogP contribution in [0.15, 0.2) is 48.0 Å². The van der Waals surface area contributed by atoms with Gasteiger partial charge in [0.15, 0.2) is 11.5 Å². The van der Waals surface area contributed by atoms with Crippen LogP contribution in [0.25, 0.3) is 5.76 Å². The number of carbonyl (C=O) groups excluding carboxylic acids is 2. The number of nitrogens with zero attached hydrogens (tertiary/aromatic N) is 1. The molecule has 8 heteroatoms. The minimum atomic E-state index is -0.850. The minimum absolute atomic E-state index is 0.0285. The molecule has 3 rings (SSSR count). The smallest absolute Gasteiger partial charge is 0.295 e. The molecule has 1 atom stereocenters. The Morgan fingerprint density at radius 1 is 1.06 bits per heavy atom. The fourth-order valence-electron chi connectivity index (χ4n) is 3.86. The quantitative estimate of drug-likeness (QED) is 0.244. The van der Waals surface area contributed by atoms with E-state index in [0.29, 0.717) is 43.1 Å². The SMILES string of the molecule is CCOc1cccc(/C(O)=C2\C(=O)C(=O)N(CCCOC)C2c2ccc(O)c(OCC)c2)c1. The molecular weight excluding hydrogens is 426 g/mol. The molecule has 1 unspecified atom stereocenters. The van der Waals surface area contributed by atoms with E-state index in [0.717, 1.165) is 0 Å². The summed E-state index contributed by atoms with van der Waals surface area (Å²) in [4.78, 5) is 27.5. The number of hydrogen-bond acceptors (Lipinski definition) is 7. The van der Waals surface area contributed by atoms with Crippen LogP contribution in [0.3, 0.4) is 0 Å². The van der Waals surface area contributed by atoms with Gasteiger partial charge >= 0.3 is 0 Å². The van der Waals surface area contributed by atoms with Crippen molar-refractivity contribution in [1.82, 2.24) is 4.90 Å². The summed E-state index contributed by atoms with van der Waals surface area (Å²) in [5, 5.41) is 21.3. The highest BCUT2D eigenvalue weighted by Gasteiger charge is 2.46. The number of likely N-dealkylation sites (tertiary alicyclic amines) is 1. The molecule has 1 heterocycles. The lowest BCUT2D eigenvalue weighted by atomic mass is 9.95. The molecule has 0 radical (unpaired) electrons. The number of phenols is 1. The second-order valence-corrected chi connectivity index (χ2v) is 7.46. The zero-order valence-electron chi connectivity index (χ0n) is 19.0. The molecule has 1 aliphatic rings. The van der Waals surface area contributed by atoms with Crippen molar-refractivity contribution in [2.45, 2.75) is 26.3 Å². The number of ether oxygens (including phenoxy) is 3. The summed E-state index contributed by atoms with van der Waals surface area (Å²) in [5.74, 6) is -1.06. The molecular formula is C25H29NO7.